The van der Waals surface area contributed by atoms with Gasteiger partial charge in [-0.3, -0.25) is 14.3 Å². The number of hydrogen-bond acceptors (Lipinski definition) is 4. The molecule has 3 aromatic rings. The number of rotatable bonds is 5. The highest BCUT2D eigenvalue weighted by Gasteiger charge is 2.30. The molecule has 1 fully saturated rings. The van der Waals surface area contributed by atoms with Crippen LogP contribution >= 0.6 is 0 Å². The predicted molar refractivity (Wildman–Crippen MR) is 122 cm³/mol. The lowest BCUT2D eigenvalue weighted by Gasteiger charge is -2.24. The lowest BCUT2D eigenvalue weighted by molar-refractivity contribution is -0.124. The van der Waals surface area contributed by atoms with Gasteiger partial charge in [-0.15, -0.1) is 0 Å². The molecule has 0 aliphatic carbocycles. The topological polar surface area (TPSA) is 76.5 Å². The molecule has 4 rings (SSSR count). The van der Waals surface area contributed by atoms with Crippen LogP contribution in [0.5, 0.6) is 5.75 Å². The Morgan fingerprint density at radius 2 is 1.88 bits per heavy atom. The van der Waals surface area contributed by atoms with Crippen molar-refractivity contribution < 1.29 is 14.3 Å². The van der Waals surface area contributed by atoms with E-state index in [4.69, 9.17) is 4.74 Å². The largest absolute Gasteiger partial charge is 0.496 e. The van der Waals surface area contributed by atoms with Crippen LogP contribution in [0.1, 0.15) is 21.6 Å². The van der Waals surface area contributed by atoms with Crippen molar-refractivity contribution in [2.24, 2.45) is 13.0 Å². The van der Waals surface area contributed by atoms with Crippen molar-refractivity contribution in [1.82, 2.24) is 20.0 Å². The molecule has 0 bridgehead atoms. The van der Waals surface area contributed by atoms with E-state index in [0.717, 1.165) is 22.4 Å². The van der Waals surface area contributed by atoms with Crippen LogP contribution < -0.4 is 10.1 Å². The Labute approximate surface area is 188 Å². The third kappa shape index (κ3) is 4.37. The molecule has 2 heterocycles. The third-order valence-electron chi connectivity index (χ3n) is 5.90. The summed E-state index contributed by atoms with van der Waals surface area (Å²) in [6.45, 7) is 3.10. The molecule has 1 aromatic heterocycles. The molecule has 1 N–H and O–H groups in total. The summed E-state index contributed by atoms with van der Waals surface area (Å²) in [6.07, 6.45) is 2.26. The van der Waals surface area contributed by atoms with Crippen molar-refractivity contribution in [2.75, 3.05) is 26.7 Å². The number of nitrogens with zero attached hydrogens (tertiary/aromatic N) is 3. The Balaban J connectivity index is 1.62. The number of amides is 2. The first kappa shape index (κ1) is 21.6. The van der Waals surface area contributed by atoms with Crippen LogP contribution in [0.15, 0.2) is 54.7 Å². The molecule has 1 saturated heterocycles. The van der Waals surface area contributed by atoms with Gasteiger partial charge in [-0.05, 0) is 30.5 Å². The van der Waals surface area contributed by atoms with E-state index in [-0.39, 0.29) is 17.7 Å². The van der Waals surface area contributed by atoms with E-state index < -0.39 is 0 Å². The zero-order chi connectivity index (χ0) is 22.7. The Morgan fingerprint density at radius 3 is 2.59 bits per heavy atom. The first-order valence-corrected chi connectivity index (χ1v) is 10.8. The zero-order valence-corrected chi connectivity index (χ0v) is 18.7. The smallest absolute Gasteiger partial charge is 0.257 e. The van der Waals surface area contributed by atoms with Crippen molar-refractivity contribution in [1.29, 1.82) is 0 Å². The fraction of sp³-hybridized carbons (Fsp3) is 0.320. The van der Waals surface area contributed by atoms with Crippen LogP contribution in [0.3, 0.4) is 0 Å². The summed E-state index contributed by atoms with van der Waals surface area (Å²) < 4.78 is 7.20. The minimum absolute atomic E-state index is 0.0296. The van der Waals surface area contributed by atoms with Crippen molar-refractivity contribution in [2.45, 2.75) is 13.3 Å². The van der Waals surface area contributed by atoms with Gasteiger partial charge in [0.25, 0.3) is 5.91 Å². The molecule has 32 heavy (non-hydrogen) atoms. The van der Waals surface area contributed by atoms with Crippen molar-refractivity contribution in [3.05, 3.63) is 71.5 Å². The van der Waals surface area contributed by atoms with Crippen LogP contribution in [0.4, 0.5) is 0 Å². The number of carbonyl (C=O) groups excluding carboxylic acids is 2. The minimum Gasteiger partial charge on any atom is -0.496 e. The molecular weight excluding hydrogens is 404 g/mol. The number of benzene rings is 2. The van der Waals surface area contributed by atoms with E-state index in [2.05, 4.69) is 10.4 Å². The van der Waals surface area contributed by atoms with E-state index in [1.807, 2.05) is 55.5 Å². The van der Waals surface area contributed by atoms with Crippen LogP contribution in [-0.4, -0.2) is 53.2 Å². The van der Waals surface area contributed by atoms with Gasteiger partial charge in [-0.1, -0.05) is 42.5 Å². The highest BCUT2D eigenvalue weighted by atomic mass is 16.5. The molecule has 1 aliphatic rings. The number of aryl methyl sites for hydroxylation is 2. The van der Waals surface area contributed by atoms with Crippen LogP contribution in [0.25, 0.3) is 11.1 Å². The Hall–Kier alpha value is -3.61. The maximum absolute atomic E-state index is 13.2. The van der Waals surface area contributed by atoms with E-state index >= 15 is 0 Å². The molecule has 166 valence electrons. The summed E-state index contributed by atoms with van der Waals surface area (Å²) in [7, 11) is 3.46. The van der Waals surface area contributed by atoms with E-state index in [0.29, 0.717) is 37.3 Å². The van der Waals surface area contributed by atoms with Gasteiger partial charge < -0.3 is 15.0 Å². The molecule has 0 saturated carbocycles. The van der Waals surface area contributed by atoms with Gasteiger partial charge in [0.1, 0.15) is 5.75 Å². The second-order valence-corrected chi connectivity index (χ2v) is 8.10. The van der Waals surface area contributed by atoms with Gasteiger partial charge in [0.15, 0.2) is 0 Å². The summed E-state index contributed by atoms with van der Waals surface area (Å²) in [5, 5.41) is 7.26. The monoisotopic (exact) mass is 432 g/mol. The molecule has 0 radical (unpaired) electrons. The highest BCUT2D eigenvalue weighted by molar-refractivity contribution is 5.95. The maximum Gasteiger partial charge on any atom is 0.257 e. The highest BCUT2D eigenvalue weighted by Crippen LogP contribution is 2.33. The molecule has 0 spiro atoms. The second-order valence-electron chi connectivity index (χ2n) is 8.10. The maximum atomic E-state index is 13.2. The molecular formula is C25H28N4O3. The van der Waals surface area contributed by atoms with Crippen molar-refractivity contribution in [3.8, 4) is 16.9 Å². The Morgan fingerprint density at radius 1 is 1.16 bits per heavy atom. The fourth-order valence-corrected chi connectivity index (χ4v) is 4.31. The number of hydrogen-bond donors (Lipinski definition) is 1. The number of para-hydroxylation sites is 1. The molecule has 1 atom stereocenters. The molecule has 7 heteroatoms. The lowest BCUT2D eigenvalue weighted by Crippen LogP contribution is -2.37. The van der Waals surface area contributed by atoms with Gasteiger partial charge in [0, 0.05) is 38.4 Å². The van der Waals surface area contributed by atoms with E-state index in [1.165, 1.54) is 0 Å². The number of nitrogens with one attached hydrogen (secondary N) is 1. The molecule has 2 aromatic carbocycles. The van der Waals surface area contributed by atoms with Gasteiger partial charge in [0.05, 0.1) is 24.3 Å². The normalized spacial score (nSPS) is 16.4. The van der Waals surface area contributed by atoms with E-state index in [1.54, 1.807) is 29.9 Å². The molecule has 0 unspecified atom stereocenters. The zero-order valence-electron chi connectivity index (χ0n) is 18.7. The SMILES string of the molecule is COc1ccccc1-c1ccccc1C[C@H]1CN(C(=O)c2cn(C)nc2C)CCNC1=O. The summed E-state index contributed by atoms with van der Waals surface area (Å²) in [6, 6.07) is 15.9. The third-order valence-corrected chi connectivity index (χ3v) is 5.90. The molecule has 2 amide bonds. The average Bonchev–Trinajstić information content (AvgIpc) is 3.03. The van der Waals surface area contributed by atoms with Gasteiger partial charge in [-0.25, -0.2) is 0 Å². The summed E-state index contributed by atoms with van der Waals surface area (Å²) >= 11 is 0. The first-order chi connectivity index (χ1) is 15.5. The van der Waals surface area contributed by atoms with Crippen molar-refractivity contribution in [3.63, 3.8) is 0 Å². The van der Waals surface area contributed by atoms with Crippen molar-refractivity contribution >= 4 is 11.8 Å². The lowest BCUT2D eigenvalue weighted by atomic mass is 9.91. The average molecular weight is 433 g/mol. The summed E-state index contributed by atoms with van der Waals surface area (Å²) in [4.78, 5) is 27.8. The van der Waals surface area contributed by atoms with Crippen LogP contribution in [0.2, 0.25) is 0 Å². The number of ether oxygens (including phenoxy) is 1. The fourth-order valence-electron chi connectivity index (χ4n) is 4.31. The van der Waals surface area contributed by atoms with Gasteiger partial charge in [-0.2, -0.15) is 5.10 Å². The van der Waals surface area contributed by atoms with Gasteiger partial charge >= 0.3 is 0 Å². The van der Waals surface area contributed by atoms with Crippen LogP contribution in [-0.2, 0) is 18.3 Å². The quantitative estimate of drug-likeness (QED) is 0.673. The summed E-state index contributed by atoms with van der Waals surface area (Å²) in [5.74, 6) is 0.316. The standard InChI is InChI=1S/C25H28N4O3/c1-17-22(16-28(2)27-17)25(31)29-13-12-26-24(30)19(15-29)14-18-8-4-5-9-20(18)21-10-6-7-11-23(21)32-3/h4-11,16,19H,12-15H2,1-3H3,(H,26,30)/t19-/m0/s1. The Bertz CT molecular complexity index is 1140. The first-order valence-electron chi connectivity index (χ1n) is 10.8. The number of carbonyl (C=O) groups is 2. The molecule has 1 aliphatic heterocycles. The Kier molecular flexibility index (Phi) is 6.25. The second kappa shape index (κ2) is 9.26. The van der Waals surface area contributed by atoms with Crippen LogP contribution in [0, 0.1) is 12.8 Å². The predicted octanol–water partition coefficient (Wildman–Crippen LogP) is 2.84. The minimum atomic E-state index is -0.353. The molecule has 7 nitrogen and oxygen atoms in total. The van der Waals surface area contributed by atoms with Gasteiger partial charge in [0.2, 0.25) is 5.91 Å². The number of methoxy groups -OCH3 is 1. The summed E-state index contributed by atoms with van der Waals surface area (Å²) in [5.41, 5.74) is 4.33. The van der Waals surface area contributed by atoms with E-state index in [9.17, 15) is 9.59 Å². The number of aromatic nitrogens is 2.